The van der Waals surface area contributed by atoms with E-state index in [-0.39, 0.29) is 0 Å². The van der Waals surface area contributed by atoms with Crippen molar-refractivity contribution in [3.8, 4) is 11.1 Å². The second-order valence-corrected chi connectivity index (χ2v) is 9.26. The zero-order valence-electron chi connectivity index (χ0n) is 18.6. The van der Waals surface area contributed by atoms with Gasteiger partial charge in [-0.3, -0.25) is 0 Å². The lowest BCUT2D eigenvalue weighted by molar-refractivity contribution is 0.814. The predicted octanol–water partition coefficient (Wildman–Crippen LogP) is 8.46. The SMILES string of the molecule is Cc1cc(C(C)C)c(-c2c(C(C)C)cc(C)cc2C(C)C)c(C(C)C)c1. The lowest BCUT2D eigenvalue weighted by Gasteiger charge is -2.28. The summed E-state index contributed by atoms with van der Waals surface area (Å²) in [6.07, 6.45) is 0. The fourth-order valence-corrected chi connectivity index (χ4v) is 4.09. The molecule has 0 fully saturated rings. The van der Waals surface area contributed by atoms with Crippen molar-refractivity contribution in [2.75, 3.05) is 0 Å². The molecule has 0 aromatic heterocycles. The molecule has 0 saturated heterocycles. The van der Waals surface area contributed by atoms with Gasteiger partial charge < -0.3 is 0 Å². The topological polar surface area (TPSA) is 0 Å². The van der Waals surface area contributed by atoms with Gasteiger partial charge in [-0.2, -0.15) is 0 Å². The lowest BCUT2D eigenvalue weighted by atomic mass is 9.76. The van der Waals surface area contributed by atoms with E-state index in [1.807, 2.05) is 0 Å². The third kappa shape index (κ3) is 4.05. The fraction of sp³-hybridized carbons (Fsp3) is 0.538. The average Bonchev–Trinajstić information content (AvgIpc) is 2.53. The molecule has 0 spiro atoms. The van der Waals surface area contributed by atoms with Gasteiger partial charge in [-0.1, -0.05) is 90.8 Å². The first-order chi connectivity index (χ1) is 12.0. The lowest BCUT2D eigenvalue weighted by Crippen LogP contribution is -2.08. The molecule has 0 N–H and O–H groups in total. The van der Waals surface area contributed by atoms with Crippen molar-refractivity contribution in [3.05, 3.63) is 57.6 Å². The Bertz CT molecular complexity index is 647. The number of rotatable bonds is 5. The van der Waals surface area contributed by atoms with Crippen LogP contribution in [0.2, 0.25) is 0 Å². The van der Waals surface area contributed by atoms with E-state index >= 15 is 0 Å². The van der Waals surface area contributed by atoms with Crippen LogP contribution >= 0.6 is 0 Å². The second kappa shape index (κ2) is 7.99. The van der Waals surface area contributed by atoms with E-state index in [0.717, 1.165) is 0 Å². The normalized spacial score (nSPS) is 12.1. The molecule has 26 heavy (non-hydrogen) atoms. The van der Waals surface area contributed by atoms with Crippen LogP contribution in [-0.2, 0) is 0 Å². The molecule has 0 heterocycles. The van der Waals surface area contributed by atoms with Gasteiger partial charge in [0, 0.05) is 0 Å². The molecule has 0 atom stereocenters. The molecule has 0 aliphatic heterocycles. The van der Waals surface area contributed by atoms with Crippen molar-refractivity contribution in [2.24, 2.45) is 0 Å². The highest BCUT2D eigenvalue weighted by molar-refractivity contribution is 5.80. The standard InChI is InChI=1S/C26H38/c1-15(2)21-11-19(9)12-22(16(3)4)25(21)26-23(17(5)6)13-20(10)14-24(26)18(7)8/h11-18H,1-10H3. The molecule has 0 aliphatic carbocycles. The van der Waals surface area contributed by atoms with Crippen molar-refractivity contribution < 1.29 is 0 Å². The fourth-order valence-electron chi connectivity index (χ4n) is 4.09. The Morgan fingerprint density at radius 3 is 0.769 bits per heavy atom. The average molecular weight is 351 g/mol. The Labute approximate surface area is 162 Å². The minimum atomic E-state index is 0.517. The molecule has 0 heteroatoms. The van der Waals surface area contributed by atoms with E-state index in [0.29, 0.717) is 23.7 Å². The zero-order valence-corrected chi connectivity index (χ0v) is 18.6. The van der Waals surface area contributed by atoms with E-state index in [9.17, 15) is 0 Å². The van der Waals surface area contributed by atoms with Crippen LogP contribution < -0.4 is 0 Å². The summed E-state index contributed by atoms with van der Waals surface area (Å²) in [6.45, 7) is 23.2. The van der Waals surface area contributed by atoms with E-state index in [1.165, 1.54) is 44.5 Å². The van der Waals surface area contributed by atoms with Gasteiger partial charge in [0.05, 0.1) is 0 Å². The number of aryl methyl sites for hydroxylation is 2. The monoisotopic (exact) mass is 350 g/mol. The maximum Gasteiger partial charge on any atom is -0.0109 e. The molecule has 142 valence electrons. The van der Waals surface area contributed by atoms with Gasteiger partial charge in [0.1, 0.15) is 0 Å². The molecular formula is C26H38. The smallest absolute Gasteiger partial charge is 0.0109 e. The van der Waals surface area contributed by atoms with Gasteiger partial charge in [0.15, 0.2) is 0 Å². The second-order valence-electron chi connectivity index (χ2n) is 9.26. The van der Waals surface area contributed by atoms with Crippen LogP contribution in [0.15, 0.2) is 24.3 Å². The quantitative estimate of drug-likeness (QED) is 0.507. The summed E-state index contributed by atoms with van der Waals surface area (Å²) >= 11 is 0. The summed E-state index contributed by atoms with van der Waals surface area (Å²) < 4.78 is 0. The van der Waals surface area contributed by atoms with Gasteiger partial charge in [-0.05, 0) is 70.9 Å². The van der Waals surface area contributed by atoms with E-state index < -0.39 is 0 Å². The van der Waals surface area contributed by atoms with Gasteiger partial charge in [-0.25, -0.2) is 0 Å². The number of hydrogen-bond donors (Lipinski definition) is 0. The Hall–Kier alpha value is -1.56. The Morgan fingerprint density at radius 2 is 0.615 bits per heavy atom. The minimum absolute atomic E-state index is 0.517. The summed E-state index contributed by atoms with van der Waals surface area (Å²) in [7, 11) is 0. The van der Waals surface area contributed by atoms with Gasteiger partial charge in [0.2, 0.25) is 0 Å². The van der Waals surface area contributed by atoms with Crippen LogP contribution in [0.4, 0.5) is 0 Å². The van der Waals surface area contributed by atoms with E-state index in [4.69, 9.17) is 0 Å². The molecule has 0 radical (unpaired) electrons. The highest BCUT2D eigenvalue weighted by Gasteiger charge is 2.23. The van der Waals surface area contributed by atoms with Gasteiger partial charge in [0.25, 0.3) is 0 Å². The van der Waals surface area contributed by atoms with Gasteiger partial charge >= 0.3 is 0 Å². The van der Waals surface area contributed by atoms with Crippen molar-refractivity contribution >= 4 is 0 Å². The molecule has 0 nitrogen and oxygen atoms in total. The van der Waals surface area contributed by atoms with E-state index in [1.54, 1.807) is 0 Å². The largest absolute Gasteiger partial charge is 0.0587 e. The summed E-state index contributed by atoms with van der Waals surface area (Å²) in [5, 5.41) is 0. The first-order valence-electron chi connectivity index (χ1n) is 10.3. The van der Waals surface area contributed by atoms with Crippen molar-refractivity contribution in [3.63, 3.8) is 0 Å². The Balaban J connectivity index is 3.04. The maximum atomic E-state index is 2.42. The third-order valence-corrected chi connectivity index (χ3v) is 5.43. The van der Waals surface area contributed by atoms with Crippen LogP contribution in [-0.4, -0.2) is 0 Å². The highest BCUT2D eigenvalue weighted by Crippen LogP contribution is 2.44. The molecular weight excluding hydrogens is 312 g/mol. The van der Waals surface area contributed by atoms with Crippen molar-refractivity contribution in [1.29, 1.82) is 0 Å². The summed E-state index contributed by atoms with van der Waals surface area (Å²) in [5.74, 6) is 2.07. The van der Waals surface area contributed by atoms with Crippen LogP contribution in [0.5, 0.6) is 0 Å². The molecule has 2 rings (SSSR count). The van der Waals surface area contributed by atoms with Crippen molar-refractivity contribution in [1.82, 2.24) is 0 Å². The first-order valence-corrected chi connectivity index (χ1v) is 10.3. The highest BCUT2D eigenvalue weighted by atomic mass is 14.3. The number of hydrogen-bond acceptors (Lipinski definition) is 0. The number of benzene rings is 2. The minimum Gasteiger partial charge on any atom is -0.0587 e. The first kappa shape index (κ1) is 20.7. The van der Waals surface area contributed by atoms with Gasteiger partial charge in [-0.15, -0.1) is 0 Å². The summed E-state index contributed by atoms with van der Waals surface area (Å²) in [4.78, 5) is 0. The molecule has 0 amide bonds. The molecule has 2 aromatic carbocycles. The predicted molar refractivity (Wildman–Crippen MR) is 118 cm³/mol. The zero-order chi connectivity index (χ0) is 19.8. The maximum absolute atomic E-state index is 2.42. The van der Waals surface area contributed by atoms with Crippen molar-refractivity contribution in [2.45, 2.75) is 92.9 Å². The molecule has 0 unspecified atom stereocenters. The summed E-state index contributed by atoms with van der Waals surface area (Å²) in [6, 6.07) is 9.67. The Kier molecular flexibility index (Phi) is 6.37. The third-order valence-electron chi connectivity index (χ3n) is 5.43. The van der Waals surface area contributed by atoms with Crippen LogP contribution in [0.3, 0.4) is 0 Å². The summed E-state index contributed by atoms with van der Waals surface area (Å²) in [5.41, 5.74) is 11.8. The Morgan fingerprint density at radius 1 is 0.423 bits per heavy atom. The van der Waals surface area contributed by atoms with Crippen LogP contribution in [0, 0.1) is 13.8 Å². The van der Waals surface area contributed by atoms with Crippen LogP contribution in [0.25, 0.3) is 11.1 Å². The van der Waals surface area contributed by atoms with Crippen LogP contribution in [0.1, 0.15) is 112 Å². The molecule has 0 saturated carbocycles. The molecule has 0 bridgehead atoms. The van der Waals surface area contributed by atoms with E-state index in [2.05, 4.69) is 93.5 Å². The molecule has 2 aromatic rings. The molecule has 0 aliphatic rings.